The van der Waals surface area contributed by atoms with Gasteiger partial charge >= 0.3 is 12.2 Å². The third kappa shape index (κ3) is 7.50. The lowest BCUT2D eigenvalue weighted by Crippen LogP contribution is -2.55. The lowest BCUT2D eigenvalue weighted by Gasteiger charge is -2.26. The molecule has 0 spiro atoms. The zero-order valence-electron chi connectivity index (χ0n) is 23.5. The van der Waals surface area contributed by atoms with E-state index < -0.39 is 41.8 Å². The Bertz CT molecular complexity index is 1600. The molecule has 43 heavy (non-hydrogen) atoms. The first-order valence-electron chi connectivity index (χ1n) is 13.5. The Morgan fingerprint density at radius 2 is 1.72 bits per heavy atom. The quantitative estimate of drug-likeness (QED) is 0.134. The van der Waals surface area contributed by atoms with Crippen molar-refractivity contribution in [2.24, 2.45) is 5.92 Å². The van der Waals surface area contributed by atoms with Gasteiger partial charge < -0.3 is 26.0 Å². The number of fused-ring (bicyclic) bond motifs is 1. The van der Waals surface area contributed by atoms with Crippen LogP contribution in [0.2, 0.25) is 0 Å². The van der Waals surface area contributed by atoms with Gasteiger partial charge in [0.05, 0.1) is 18.2 Å². The fourth-order valence-electron chi connectivity index (χ4n) is 4.55. The largest absolute Gasteiger partial charge is 0.490 e. The lowest BCUT2D eigenvalue weighted by atomic mass is 9.95. The van der Waals surface area contributed by atoms with Crippen LogP contribution in [0.25, 0.3) is 16.3 Å². The molecule has 1 aliphatic rings. The van der Waals surface area contributed by atoms with Gasteiger partial charge in [0, 0.05) is 5.56 Å². The number of carboxylic acid groups (broad SMARTS) is 1. The summed E-state index contributed by atoms with van der Waals surface area (Å²) in [7, 11) is 0. The number of ether oxygens (including phenoxy) is 1. The average molecular weight is 586 g/mol. The Morgan fingerprint density at radius 1 is 1.02 bits per heavy atom. The minimum Gasteiger partial charge on any atom is -0.490 e. The molecule has 2 amide bonds. The molecule has 0 fully saturated rings. The number of hydroxylamine groups is 1. The molecule has 4 N–H and O–H groups in total. The Morgan fingerprint density at radius 3 is 2.40 bits per heavy atom. The Hall–Kier alpha value is -5.32. The van der Waals surface area contributed by atoms with Crippen LogP contribution in [0.4, 0.5) is 0 Å². The second-order valence-electron chi connectivity index (χ2n) is 10.3. The van der Waals surface area contributed by atoms with E-state index in [0.717, 1.165) is 10.8 Å². The highest BCUT2D eigenvalue weighted by atomic mass is 16.7. The van der Waals surface area contributed by atoms with E-state index in [1.165, 1.54) is 6.08 Å². The number of carbonyl (C=O) groups excluding carboxylic acids is 3. The van der Waals surface area contributed by atoms with E-state index in [0.29, 0.717) is 23.2 Å². The molecule has 0 aromatic heterocycles. The molecular formula is C31H31N5O7. The van der Waals surface area contributed by atoms with Crippen LogP contribution in [0.3, 0.4) is 0 Å². The fourth-order valence-corrected chi connectivity index (χ4v) is 4.55. The summed E-state index contributed by atoms with van der Waals surface area (Å²) in [5.41, 5.74) is 10.4. The molecule has 1 unspecified atom stereocenters. The molecule has 3 aromatic rings. The van der Waals surface area contributed by atoms with Crippen LogP contribution in [-0.2, 0) is 19.2 Å². The number of Topliss-reactive ketones (excluding diaryl/α,β-unsaturated/α-hetero) is 1. The smallest absolute Gasteiger partial charge is 0.325 e. The maximum atomic E-state index is 13.7. The number of hydrogen-bond donors (Lipinski definition) is 4. The zero-order chi connectivity index (χ0) is 31.0. The number of nitrogens with one attached hydrogen (secondary N) is 3. The minimum absolute atomic E-state index is 0.164. The number of benzene rings is 3. The Labute approximate surface area is 247 Å². The monoisotopic (exact) mass is 585 g/mol. The third-order valence-corrected chi connectivity index (χ3v) is 6.83. The van der Waals surface area contributed by atoms with Crippen LogP contribution in [0, 0.1) is 5.92 Å². The Kier molecular flexibility index (Phi) is 9.66. The molecule has 3 aromatic carbocycles. The summed E-state index contributed by atoms with van der Waals surface area (Å²) < 4.78 is 5.84. The minimum atomic E-state index is -1.88. The maximum Gasteiger partial charge on any atom is 0.325 e. The third-order valence-electron chi connectivity index (χ3n) is 6.83. The predicted molar refractivity (Wildman–Crippen MR) is 156 cm³/mol. The van der Waals surface area contributed by atoms with Crippen molar-refractivity contribution in [3.05, 3.63) is 95.7 Å². The van der Waals surface area contributed by atoms with Gasteiger partial charge in [-0.25, -0.2) is 0 Å². The molecule has 12 heteroatoms. The average Bonchev–Trinajstić information content (AvgIpc) is 3.43. The van der Waals surface area contributed by atoms with Crippen LogP contribution in [0.5, 0.6) is 5.75 Å². The normalized spacial score (nSPS) is 17.1. The van der Waals surface area contributed by atoms with Crippen LogP contribution in [0.1, 0.15) is 30.6 Å². The van der Waals surface area contributed by atoms with Crippen molar-refractivity contribution >= 4 is 40.6 Å². The highest BCUT2D eigenvalue weighted by Gasteiger charge is 2.47. The van der Waals surface area contributed by atoms with Crippen molar-refractivity contribution in [1.82, 2.24) is 16.1 Å². The number of ketones is 1. The van der Waals surface area contributed by atoms with Crippen molar-refractivity contribution < 1.29 is 38.6 Å². The van der Waals surface area contributed by atoms with Crippen molar-refractivity contribution in [2.75, 3.05) is 6.61 Å². The molecule has 0 saturated heterocycles. The summed E-state index contributed by atoms with van der Waals surface area (Å²) in [4.78, 5) is 59.2. The molecule has 0 aliphatic carbocycles. The van der Waals surface area contributed by atoms with E-state index in [2.05, 4.69) is 20.9 Å². The lowest BCUT2D eigenvalue weighted by molar-refractivity contribution is -0.150. The topological polar surface area (TPSA) is 179 Å². The van der Waals surface area contributed by atoms with Crippen LogP contribution in [0.15, 0.2) is 84.6 Å². The van der Waals surface area contributed by atoms with Gasteiger partial charge in [-0.3, -0.25) is 29.5 Å². The standard InChI is InChI=1S/C31H31N5O7/c1-19(2)28(35-29(40)22-13-12-20-8-6-7-9-21(20)14-22)25-16-31(43-36-25,18-42-23-10-4-3-5-11-23)30(41)34-24(15-27(38)39)26(37)17-33-32/h3-14,16-17,19,24,28,36H,15,18H2,1-2H3,(H,34,41)(H,35,40)(H,38,39)/t24-,28-,31?/m0/s1. The van der Waals surface area contributed by atoms with E-state index in [-0.39, 0.29) is 18.4 Å². The van der Waals surface area contributed by atoms with Crippen molar-refractivity contribution in [3.8, 4) is 5.75 Å². The molecule has 0 bridgehead atoms. The van der Waals surface area contributed by atoms with E-state index >= 15 is 0 Å². The van der Waals surface area contributed by atoms with Crippen LogP contribution < -0.4 is 20.9 Å². The number of hydrogen-bond acceptors (Lipinski definition) is 7. The summed E-state index contributed by atoms with van der Waals surface area (Å²) >= 11 is 0. The van der Waals surface area contributed by atoms with Gasteiger partial charge in [0.1, 0.15) is 18.4 Å². The summed E-state index contributed by atoms with van der Waals surface area (Å²) in [6.07, 6.45) is 1.18. The summed E-state index contributed by atoms with van der Waals surface area (Å²) in [6.45, 7) is 3.39. The van der Waals surface area contributed by atoms with Gasteiger partial charge in [-0.2, -0.15) is 4.79 Å². The number of aliphatic carboxylic acids is 1. The highest BCUT2D eigenvalue weighted by Crippen LogP contribution is 2.27. The first kappa shape index (κ1) is 30.6. The van der Waals surface area contributed by atoms with E-state index in [4.69, 9.17) is 15.1 Å². The number of nitrogens with zero attached hydrogens (tertiary/aromatic N) is 2. The predicted octanol–water partition coefficient (Wildman–Crippen LogP) is 2.66. The number of rotatable bonds is 13. The highest BCUT2D eigenvalue weighted by molar-refractivity contribution is 6.28. The molecule has 4 rings (SSSR count). The molecule has 3 atom stereocenters. The summed E-state index contributed by atoms with van der Waals surface area (Å²) in [5.74, 6) is -3.27. The first-order chi connectivity index (χ1) is 20.6. The summed E-state index contributed by atoms with van der Waals surface area (Å²) in [6, 6.07) is 19.5. The number of para-hydroxylation sites is 1. The van der Waals surface area contributed by atoms with Crippen LogP contribution >= 0.6 is 0 Å². The summed E-state index contributed by atoms with van der Waals surface area (Å²) in [5, 5.41) is 16.5. The number of amides is 2. The van der Waals surface area contributed by atoms with Crippen LogP contribution in [-0.4, -0.2) is 64.0 Å². The molecule has 0 radical (unpaired) electrons. The van der Waals surface area contributed by atoms with Gasteiger partial charge in [-0.15, -0.1) is 0 Å². The van der Waals surface area contributed by atoms with E-state index in [1.54, 1.807) is 42.5 Å². The van der Waals surface area contributed by atoms with E-state index in [1.807, 2.05) is 44.2 Å². The zero-order valence-corrected chi connectivity index (χ0v) is 23.5. The van der Waals surface area contributed by atoms with Gasteiger partial charge in [0.25, 0.3) is 17.6 Å². The molecule has 0 saturated carbocycles. The molecule has 222 valence electrons. The first-order valence-corrected chi connectivity index (χ1v) is 13.5. The molecule has 1 aliphatic heterocycles. The second kappa shape index (κ2) is 13.6. The number of carboxylic acids is 1. The molecule has 1 heterocycles. The van der Waals surface area contributed by atoms with Crippen molar-refractivity contribution in [3.63, 3.8) is 0 Å². The second-order valence-corrected chi connectivity index (χ2v) is 10.3. The maximum absolute atomic E-state index is 13.7. The van der Waals surface area contributed by atoms with Crippen molar-refractivity contribution in [1.29, 1.82) is 0 Å². The van der Waals surface area contributed by atoms with Gasteiger partial charge in [-0.05, 0) is 47.0 Å². The Balaban J connectivity index is 1.63. The van der Waals surface area contributed by atoms with Gasteiger partial charge in [0.2, 0.25) is 5.60 Å². The molecule has 12 nitrogen and oxygen atoms in total. The van der Waals surface area contributed by atoms with Crippen molar-refractivity contribution in [2.45, 2.75) is 38.0 Å². The SMILES string of the molecule is CC(C)[C@H](NC(=O)c1ccc2ccccc2c1)C1=CC(COc2ccccc2)(C(=O)N[C@@H](CC(=O)O)C(=O)C=[N+]=[N-])ON1. The number of carbonyl (C=O) groups is 4. The van der Waals surface area contributed by atoms with Gasteiger partial charge in [-0.1, -0.05) is 62.4 Å². The fraction of sp³-hybridized carbons (Fsp3) is 0.258. The van der Waals surface area contributed by atoms with Gasteiger partial charge in [0.15, 0.2) is 0 Å². The van der Waals surface area contributed by atoms with E-state index in [9.17, 15) is 24.3 Å². The molecular weight excluding hydrogens is 554 g/mol.